The van der Waals surface area contributed by atoms with E-state index in [2.05, 4.69) is 11.3 Å². The summed E-state index contributed by atoms with van der Waals surface area (Å²) in [6.07, 6.45) is 5.57. The number of fused-ring (bicyclic) bond motifs is 1. The SMILES string of the molecule is C=C/C=C(C(=O)c1oc2cc(-c3cccc(CNS(C)(=O)=O)c3)ccc2c1OC)/C(Cl)=C\CCl. The number of hydrogen-bond donors (Lipinski definition) is 1. The average molecular weight is 520 g/mol. The van der Waals surface area contributed by atoms with Crippen molar-refractivity contribution in [1.29, 1.82) is 0 Å². The molecule has 0 aliphatic rings. The van der Waals surface area contributed by atoms with Crippen molar-refractivity contribution < 1.29 is 22.4 Å². The molecule has 0 amide bonds. The molecule has 0 saturated carbocycles. The van der Waals surface area contributed by atoms with Gasteiger partial charge in [-0.1, -0.05) is 60.7 Å². The van der Waals surface area contributed by atoms with Crippen molar-refractivity contribution in [2.75, 3.05) is 19.2 Å². The van der Waals surface area contributed by atoms with Gasteiger partial charge < -0.3 is 9.15 Å². The van der Waals surface area contributed by atoms with E-state index in [-0.39, 0.29) is 28.8 Å². The number of sulfonamides is 1. The van der Waals surface area contributed by atoms with Gasteiger partial charge in [-0.3, -0.25) is 4.79 Å². The maximum absolute atomic E-state index is 13.2. The molecule has 0 fully saturated rings. The molecule has 6 nitrogen and oxygen atoms in total. The molecule has 0 unspecified atom stereocenters. The van der Waals surface area contributed by atoms with Gasteiger partial charge in [0.15, 0.2) is 5.75 Å². The molecule has 0 radical (unpaired) electrons. The molecule has 0 aliphatic carbocycles. The van der Waals surface area contributed by atoms with Crippen LogP contribution < -0.4 is 9.46 Å². The monoisotopic (exact) mass is 519 g/mol. The van der Waals surface area contributed by atoms with Gasteiger partial charge in [0.1, 0.15) is 5.58 Å². The Balaban J connectivity index is 2.04. The van der Waals surface area contributed by atoms with Gasteiger partial charge in [-0.05, 0) is 34.9 Å². The number of alkyl halides is 1. The van der Waals surface area contributed by atoms with Crippen LogP contribution in [-0.4, -0.2) is 33.4 Å². The van der Waals surface area contributed by atoms with Gasteiger partial charge >= 0.3 is 0 Å². The molecule has 9 heteroatoms. The number of methoxy groups -OCH3 is 1. The lowest BCUT2D eigenvalue weighted by Crippen LogP contribution is -2.21. The third-order valence-electron chi connectivity index (χ3n) is 4.90. The predicted molar refractivity (Wildman–Crippen MR) is 137 cm³/mol. The lowest BCUT2D eigenvalue weighted by atomic mass is 10.0. The van der Waals surface area contributed by atoms with Gasteiger partial charge in [-0.2, -0.15) is 0 Å². The van der Waals surface area contributed by atoms with Crippen molar-refractivity contribution in [3.05, 3.63) is 89.2 Å². The van der Waals surface area contributed by atoms with E-state index >= 15 is 0 Å². The summed E-state index contributed by atoms with van der Waals surface area (Å²) in [5, 5.41) is 0.808. The van der Waals surface area contributed by atoms with Crippen LogP contribution in [0.1, 0.15) is 16.1 Å². The summed E-state index contributed by atoms with van der Waals surface area (Å²) >= 11 is 12.0. The zero-order valence-electron chi connectivity index (χ0n) is 18.6. The first kappa shape index (κ1) is 25.8. The minimum absolute atomic E-state index is 0.00924. The van der Waals surface area contributed by atoms with E-state index in [1.54, 1.807) is 12.1 Å². The highest BCUT2D eigenvalue weighted by molar-refractivity contribution is 7.88. The molecule has 0 aliphatic heterocycles. The molecular weight excluding hydrogens is 497 g/mol. The number of carbonyl (C=O) groups excluding carboxylic acids is 1. The second-order valence-electron chi connectivity index (χ2n) is 7.32. The summed E-state index contributed by atoms with van der Waals surface area (Å²) in [5.41, 5.74) is 3.12. The lowest BCUT2D eigenvalue weighted by molar-refractivity contribution is 0.101. The number of allylic oxidation sites excluding steroid dienone is 5. The lowest BCUT2D eigenvalue weighted by Gasteiger charge is -2.06. The van der Waals surface area contributed by atoms with Gasteiger partial charge in [-0.25, -0.2) is 13.1 Å². The van der Waals surface area contributed by atoms with E-state index in [1.807, 2.05) is 30.3 Å². The minimum atomic E-state index is -3.31. The molecule has 178 valence electrons. The summed E-state index contributed by atoms with van der Waals surface area (Å²) in [6, 6.07) is 12.9. The van der Waals surface area contributed by atoms with Crippen molar-refractivity contribution in [2.24, 2.45) is 0 Å². The van der Waals surface area contributed by atoms with Crippen molar-refractivity contribution in [3.63, 3.8) is 0 Å². The first-order valence-corrected chi connectivity index (χ1v) is 12.9. The van der Waals surface area contributed by atoms with Crippen molar-refractivity contribution in [3.8, 4) is 16.9 Å². The number of ketones is 1. The van der Waals surface area contributed by atoms with Crippen LogP contribution in [0.25, 0.3) is 22.1 Å². The standard InChI is InChI=1S/C25H23Cl2NO5S/c1-4-6-19(21(27)11-12-26)23(29)25-24(32-2)20-10-9-18(14-22(20)33-25)17-8-5-7-16(13-17)15-28-34(3,30)31/h4-11,13-14,28H,1,12,15H2,2-3H3/b19-6-,21-11+. The van der Waals surface area contributed by atoms with E-state index in [0.29, 0.717) is 16.7 Å². The average Bonchev–Trinajstić information content (AvgIpc) is 3.18. The Morgan fingerprint density at radius 1 is 1.21 bits per heavy atom. The molecule has 0 atom stereocenters. The van der Waals surface area contributed by atoms with Crippen molar-refractivity contribution in [2.45, 2.75) is 6.54 Å². The predicted octanol–water partition coefficient (Wildman–Crippen LogP) is 5.81. The van der Waals surface area contributed by atoms with Crippen molar-refractivity contribution in [1.82, 2.24) is 4.72 Å². The molecule has 1 N–H and O–H groups in total. The molecule has 34 heavy (non-hydrogen) atoms. The van der Waals surface area contributed by atoms with Crippen LogP contribution >= 0.6 is 23.2 Å². The number of hydrogen-bond acceptors (Lipinski definition) is 5. The van der Waals surface area contributed by atoms with Gasteiger partial charge in [0.05, 0.1) is 18.8 Å². The van der Waals surface area contributed by atoms with E-state index in [4.69, 9.17) is 32.4 Å². The first-order valence-electron chi connectivity index (χ1n) is 10.1. The summed E-state index contributed by atoms with van der Waals surface area (Å²) in [4.78, 5) is 13.2. The van der Waals surface area contributed by atoms with Crippen molar-refractivity contribution >= 4 is 50.0 Å². The molecule has 0 saturated heterocycles. The highest BCUT2D eigenvalue weighted by Crippen LogP contribution is 2.38. The molecule has 3 rings (SSSR count). The highest BCUT2D eigenvalue weighted by atomic mass is 35.5. The largest absolute Gasteiger partial charge is 0.492 e. The molecule has 0 spiro atoms. The topological polar surface area (TPSA) is 85.6 Å². The quantitative estimate of drug-likeness (QED) is 0.158. The molecule has 1 aromatic heterocycles. The smallest absolute Gasteiger partial charge is 0.233 e. The van der Waals surface area contributed by atoms with E-state index < -0.39 is 15.8 Å². The van der Waals surface area contributed by atoms with Gasteiger partial charge in [0.25, 0.3) is 0 Å². The molecule has 2 aromatic carbocycles. The molecular formula is C25H23Cl2NO5S. The van der Waals surface area contributed by atoms with Gasteiger partial charge in [0, 0.05) is 23.0 Å². The maximum Gasteiger partial charge on any atom is 0.233 e. The number of benzene rings is 2. The number of carbonyl (C=O) groups is 1. The Hall–Kier alpha value is -2.84. The van der Waals surface area contributed by atoms with Crippen LogP contribution in [0.5, 0.6) is 5.75 Å². The molecule has 3 aromatic rings. The second kappa shape index (κ2) is 11.1. The van der Waals surface area contributed by atoms with Crippen LogP contribution in [0.4, 0.5) is 0 Å². The zero-order valence-corrected chi connectivity index (χ0v) is 20.9. The van der Waals surface area contributed by atoms with Crippen LogP contribution in [0.3, 0.4) is 0 Å². The van der Waals surface area contributed by atoms with Gasteiger partial charge in [0.2, 0.25) is 21.6 Å². The Labute approximate surface area is 208 Å². The number of nitrogens with one attached hydrogen (secondary N) is 1. The van der Waals surface area contributed by atoms with E-state index in [1.165, 1.54) is 25.3 Å². The Kier molecular flexibility index (Phi) is 8.38. The summed E-state index contributed by atoms with van der Waals surface area (Å²) < 4.78 is 36.7. The van der Waals surface area contributed by atoms with E-state index in [0.717, 1.165) is 22.9 Å². The fourth-order valence-electron chi connectivity index (χ4n) is 3.36. The van der Waals surface area contributed by atoms with Crippen LogP contribution in [-0.2, 0) is 16.6 Å². The summed E-state index contributed by atoms with van der Waals surface area (Å²) in [7, 11) is -1.85. The fourth-order valence-corrected chi connectivity index (χ4v) is 4.25. The maximum atomic E-state index is 13.2. The van der Waals surface area contributed by atoms with E-state index in [9.17, 15) is 13.2 Å². The zero-order chi connectivity index (χ0) is 24.9. The van der Waals surface area contributed by atoms with Crippen LogP contribution in [0.2, 0.25) is 0 Å². The Bertz CT molecular complexity index is 1400. The number of rotatable bonds is 10. The number of furan rings is 1. The van der Waals surface area contributed by atoms with Crippen LogP contribution in [0, 0.1) is 0 Å². The number of Topliss-reactive ketones (excluding diaryl/α,β-unsaturated/α-hetero) is 1. The van der Waals surface area contributed by atoms with Crippen LogP contribution in [0.15, 0.2) is 82.3 Å². The third-order valence-corrected chi connectivity index (χ3v) is 6.08. The second-order valence-corrected chi connectivity index (χ2v) is 9.87. The Morgan fingerprint density at radius 2 is 1.94 bits per heavy atom. The number of halogens is 2. The summed E-state index contributed by atoms with van der Waals surface area (Å²) in [6.45, 7) is 3.81. The summed E-state index contributed by atoms with van der Waals surface area (Å²) in [5.74, 6) is -0.0207. The number of ether oxygens (including phenoxy) is 1. The first-order chi connectivity index (χ1) is 16.2. The van der Waals surface area contributed by atoms with Gasteiger partial charge in [-0.15, -0.1) is 11.6 Å². The Morgan fingerprint density at radius 3 is 2.59 bits per heavy atom. The fraction of sp³-hybridized carbons (Fsp3) is 0.160. The highest BCUT2D eigenvalue weighted by Gasteiger charge is 2.26. The normalized spacial score (nSPS) is 12.7. The molecule has 0 bridgehead atoms. The minimum Gasteiger partial charge on any atom is -0.492 e. The third kappa shape index (κ3) is 5.98. The molecule has 1 heterocycles.